The zero-order valence-electron chi connectivity index (χ0n) is 14.3. The van der Waals surface area contributed by atoms with E-state index in [0.717, 1.165) is 26.1 Å². The van der Waals surface area contributed by atoms with E-state index >= 15 is 0 Å². The summed E-state index contributed by atoms with van der Waals surface area (Å²) in [6.07, 6.45) is 0.951. The molecule has 1 heterocycles. The minimum atomic E-state index is -0.153. The van der Waals surface area contributed by atoms with Gasteiger partial charge in [0, 0.05) is 18.6 Å². The fourth-order valence-electron chi connectivity index (χ4n) is 3.33. The monoisotopic (exact) mass is 310 g/mol. The molecule has 1 atom stereocenters. The Bertz CT molecular complexity index is 697. The molecule has 0 saturated carbocycles. The lowest BCUT2D eigenvalue weighted by atomic mass is 10.0. The van der Waals surface area contributed by atoms with Gasteiger partial charge in [0.1, 0.15) is 0 Å². The highest BCUT2D eigenvalue weighted by atomic mass is 16.2. The van der Waals surface area contributed by atoms with Gasteiger partial charge in [0.2, 0.25) is 5.91 Å². The largest absolute Gasteiger partial charge is 0.351 e. The Kier molecular flexibility index (Phi) is 4.40. The first-order valence-corrected chi connectivity index (χ1v) is 8.43. The first kappa shape index (κ1) is 16.0. The van der Waals surface area contributed by atoms with E-state index in [1.54, 1.807) is 0 Å². The number of benzene rings is 2. The third-order valence-electron chi connectivity index (χ3n) is 4.42. The molecule has 3 rings (SSSR count). The van der Waals surface area contributed by atoms with Crippen LogP contribution in [0.3, 0.4) is 0 Å². The molecule has 1 N–H and O–H groups in total. The molecule has 3 heteroatoms. The van der Waals surface area contributed by atoms with E-state index < -0.39 is 0 Å². The highest BCUT2D eigenvalue weighted by Crippen LogP contribution is 2.24. The number of nitrogens with one attached hydrogen (secondary N) is 1. The van der Waals surface area contributed by atoms with Crippen LogP contribution in [0.2, 0.25) is 0 Å². The van der Waals surface area contributed by atoms with E-state index in [9.17, 15) is 4.79 Å². The Morgan fingerprint density at radius 2 is 1.91 bits per heavy atom. The smallest absolute Gasteiger partial charge is 0.224 e. The predicted molar refractivity (Wildman–Crippen MR) is 95.2 cm³/mol. The van der Waals surface area contributed by atoms with Crippen molar-refractivity contribution in [1.29, 1.82) is 0 Å². The number of nitrogens with zero attached hydrogens (tertiary/aromatic N) is 1. The van der Waals surface area contributed by atoms with Crippen LogP contribution >= 0.6 is 0 Å². The molecule has 0 radical (unpaired) electrons. The zero-order chi connectivity index (χ0) is 16.4. The van der Waals surface area contributed by atoms with E-state index in [4.69, 9.17) is 0 Å². The first-order chi connectivity index (χ1) is 10.9. The maximum Gasteiger partial charge on any atom is 0.224 e. The number of rotatable bonds is 3. The van der Waals surface area contributed by atoms with Crippen molar-refractivity contribution in [2.24, 2.45) is 5.92 Å². The molecule has 1 unspecified atom stereocenters. The molecule has 2 aromatic carbocycles. The van der Waals surface area contributed by atoms with Crippen molar-refractivity contribution in [3.8, 4) is 0 Å². The molecular weight excluding hydrogens is 284 g/mol. The molecule has 0 aliphatic carbocycles. The van der Waals surface area contributed by atoms with Crippen molar-refractivity contribution < 1.29 is 4.79 Å². The predicted octanol–water partition coefficient (Wildman–Crippen LogP) is 3.58. The van der Waals surface area contributed by atoms with Crippen molar-refractivity contribution in [2.75, 3.05) is 13.1 Å². The fraction of sp³-hybridized carbons (Fsp3) is 0.450. The van der Waals surface area contributed by atoms with Crippen molar-refractivity contribution in [2.45, 2.75) is 39.3 Å². The lowest BCUT2D eigenvalue weighted by Crippen LogP contribution is -2.44. The second-order valence-electron chi connectivity index (χ2n) is 7.60. The van der Waals surface area contributed by atoms with Crippen molar-refractivity contribution in [3.05, 3.63) is 48.0 Å². The summed E-state index contributed by atoms with van der Waals surface area (Å²) in [5.74, 6) is 0.308. The van der Waals surface area contributed by atoms with Gasteiger partial charge in [-0.15, -0.1) is 0 Å². The van der Waals surface area contributed by atoms with Crippen LogP contribution in [0.15, 0.2) is 42.5 Å². The van der Waals surface area contributed by atoms with Crippen LogP contribution in [0.25, 0.3) is 10.8 Å². The first-order valence-electron chi connectivity index (χ1n) is 8.43. The number of carbonyl (C=O) groups excluding carboxylic acids is 1. The summed E-state index contributed by atoms with van der Waals surface area (Å²) in [6, 6.07) is 15.0. The average molecular weight is 310 g/mol. The quantitative estimate of drug-likeness (QED) is 0.940. The Morgan fingerprint density at radius 3 is 2.70 bits per heavy atom. The maximum absolute atomic E-state index is 12.3. The number of likely N-dealkylation sites (tertiary alicyclic amines) is 1. The van der Waals surface area contributed by atoms with Gasteiger partial charge in [-0.3, -0.25) is 9.69 Å². The van der Waals surface area contributed by atoms with Gasteiger partial charge in [0.25, 0.3) is 0 Å². The highest BCUT2D eigenvalue weighted by molar-refractivity contribution is 5.85. The molecule has 1 aliphatic heterocycles. The van der Waals surface area contributed by atoms with Gasteiger partial charge in [-0.2, -0.15) is 0 Å². The number of hydrogen-bond donors (Lipinski definition) is 1. The summed E-state index contributed by atoms with van der Waals surface area (Å²) >= 11 is 0. The van der Waals surface area contributed by atoms with Gasteiger partial charge in [0.05, 0.1) is 5.92 Å². The second kappa shape index (κ2) is 6.32. The van der Waals surface area contributed by atoms with Crippen LogP contribution in [0.4, 0.5) is 0 Å². The molecule has 0 spiro atoms. The third kappa shape index (κ3) is 3.91. The normalized spacial score (nSPS) is 19.2. The topological polar surface area (TPSA) is 32.3 Å². The Balaban J connectivity index is 1.67. The molecule has 0 bridgehead atoms. The van der Waals surface area contributed by atoms with E-state index in [-0.39, 0.29) is 17.4 Å². The number of hydrogen-bond acceptors (Lipinski definition) is 2. The van der Waals surface area contributed by atoms with Gasteiger partial charge in [-0.05, 0) is 50.1 Å². The van der Waals surface area contributed by atoms with E-state index in [0.29, 0.717) is 0 Å². The van der Waals surface area contributed by atoms with Gasteiger partial charge in [-0.25, -0.2) is 0 Å². The summed E-state index contributed by atoms with van der Waals surface area (Å²) in [7, 11) is 0. The molecule has 1 aliphatic rings. The van der Waals surface area contributed by atoms with Gasteiger partial charge in [0.15, 0.2) is 0 Å². The van der Waals surface area contributed by atoms with E-state index in [2.05, 4.69) is 52.7 Å². The standard InChI is InChI=1S/C20H26N2O/c1-20(2,3)21-19(23)17-11-12-22(14-17)13-16-9-6-8-15-7-4-5-10-18(15)16/h4-10,17H,11-14H2,1-3H3,(H,21,23). The molecule has 2 aromatic rings. The Hall–Kier alpha value is -1.87. The summed E-state index contributed by atoms with van der Waals surface area (Å²) < 4.78 is 0. The zero-order valence-corrected chi connectivity index (χ0v) is 14.3. The molecule has 1 amide bonds. The lowest BCUT2D eigenvalue weighted by molar-refractivity contribution is -0.126. The molecule has 1 fully saturated rings. The second-order valence-corrected chi connectivity index (χ2v) is 7.60. The SMILES string of the molecule is CC(C)(C)NC(=O)C1CCN(Cc2cccc3ccccc23)C1. The third-order valence-corrected chi connectivity index (χ3v) is 4.42. The Morgan fingerprint density at radius 1 is 1.17 bits per heavy atom. The van der Waals surface area contributed by atoms with E-state index in [1.165, 1.54) is 16.3 Å². The Labute approximate surface area is 138 Å². The van der Waals surface area contributed by atoms with E-state index in [1.807, 2.05) is 20.8 Å². The summed E-state index contributed by atoms with van der Waals surface area (Å²) in [5, 5.41) is 5.71. The van der Waals surface area contributed by atoms with Crippen molar-refractivity contribution in [3.63, 3.8) is 0 Å². The van der Waals surface area contributed by atoms with Crippen LogP contribution < -0.4 is 5.32 Å². The van der Waals surface area contributed by atoms with Gasteiger partial charge < -0.3 is 5.32 Å². The number of carbonyl (C=O) groups is 1. The van der Waals surface area contributed by atoms with Crippen LogP contribution in [0.1, 0.15) is 32.8 Å². The highest BCUT2D eigenvalue weighted by Gasteiger charge is 2.30. The average Bonchev–Trinajstić information content (AvgIpc) is 2.95. The van der Waals surface area contributed by atoms with Crippen molar-refractivity contribution >= 4 is 16.7 Å². The summed E-state index contributed by atoms with van der Waals surface area (Å²) in [5.41, 5.74) is 1.19. The molecular formula is C20H26N2O. The molecule has 1 saturated heterocycles. The van der Waals surface area contributed by atoms with Gasteiger partial charge in [-0.1, -0.05) is 42.5 Å². The maximum atomic E-state index is 12.3. The van der Waals surface area contributed by atoms with Crippen molar-refractivity contribution in [1.82, 2.24) is 10.2 Å². The van der Waals surface area contributed by atoms with Crippen LogP contribution in [-0.2, 0) is 11.3 Å². The molecule has 122 valence electrons. The molecule has 0 aromatic heterocycles. The summed E-state index contributed by atoms with van der Waals surface area (Å²) in [6.45, 7) is 8.87. The van der Waals surface area contributed by atoms with Crippen LogP contribution in [-0.4, -0.2) is 29.4 Å². The van der Waals surface area contributed by atoms with Crippen LogP contribution in [0.5, 0.6) is 0 Å². The minimum absolute atomic E-state index is 0.115. The number of amides is 1. The molecule has 23 heavy (non-hydrogen) atoms. The lowest BCUT2D eigenvalue weighted by Gasteiger charge is -2.23. The van der Waals surface area contributed by atoms with Crippen LogP contribution in [0, 0.1) is 5.92 Å². The summed E-state index contributed by atoms with van der Waals surface area (Å²) in [4.78, 5) is 14.7. The molecule has 3 nitrogen and oxygen atoms in total. The number of fused-ring (bicyclic) bond motifs is 1. The fourth-order valence-corrected chi connectivity index (χ4v) is 3.33. The minimum Gasteiger partial charge on any atom is -0.351 e. The van der Waals surface area contributed by atoms with Gasteiger partial charge >= 0.3 is 0 Å².